The molecule has 1 aliphatic carbocycles. The predicted molar refractivity (Wildman–Crippen MR) is 153 cm³/mol. The molecule has 0 bridgehead atoms. The molecule has 2 rings (SSSR count). The Bertz CT molecular complexity index is 790. The Morgan fingerprint density at radius 2 is 1.67 bits per heavy atom. The van der Waals surface area contributed by atoms with Gasteiger partial charge in [-0.1, -0.05) is 40.7 Å². The van der Waals surface area contributed by atoms with Crippen LogP contribution in [0.25, 0.3) is 0 Å². The van der Waals surface area contributed by atoms with Gasteiger partial charge in [-0.15, -0.1) is 0 Å². The lowest BCUT2D eigenvalue weighted by molar-refractivity contribution is -0.118. The predicted octanol–water partition coefficient (Wildman–Crippen LogP) is 7.11. The van der Waals surface area contributed by atoms with Crippen molar-refractivity contribution in [2.45, 2.75) is 101 Å². The number of allylic oxidation sites excluding steroid dienone is 2. The van der Waals surface area contributed by atoms with Gasteiger partial charge in [0.15, 0.2) is 6.29 Å². The molecule has 0 atom stereocenters. The third kappa shape index (κ3) is 14.8. The number of hydrogen-bond donors (Lipinski definition) is 1. The molecule has 1 fully saturated rings. The normalized spacial score (nSPS) is 14.9. The number of amides is 1. The van der Waals surface area contributed by atoms with Crippen LogP contribution in [-0.2, 0) is 9.59 Å². The molecule has 36 heavy (non-hydrogen) atoms. The van der Waals surface area contributed by atoms with Crippen molar-refractivity contribution in [3.63, 3.8) is 0 Å². The van der Waals surface area contributed by atoms with Crippen molar-refractivity contribution >= 4 is 18.4 Å². The second-order valence-electron chi connectivity index (χ2n) is 9.12. The molecule has 0 saturated heterocycles. The summed E-state index contributed by atoms with van der Waals surface area (Å²) in [5.74, 6) is 0.581. The van der Waals surface area contributed by atoms with E-state index in [4.69, 9.17) is 5.73 Å². The number of carbonyl (C=O) groups is 2. The molecule has 2 N–H and O–H groups in total. The van der Waals surface area contributed by atoms with Crippen LogP contribution in [0.3, 0.4) is 0 Å². The highest BCUT2D eigenvalue weighted by Crippen LogP contribution is 2.22. The van der Waals surface area contributed by atoms with Crippen LogP contribution in [0.15, 0.2) is 28.4 Å². The SMILES string of the molecule is CC.CCCN(C=O)CCC(C)C.CCN=C1CCCC/C1=C(/N)C=O.Cc1ccc(F)c(C)c1C. The lowest BCUT2D eigenvalue weighted by atomic mass is 9.91. The largest absolute Gasteiger partial charge is 0.396 e. The molecule has 0 unspecified atom stereocenters. The molecule has 0 aliphatic heterocycles. The quantitative estimate of drug-likeness (QED) is 0.302. The summed E-state index contributed by atoms with van der Waals surface area (Å²) < 4.78 is 12.8. The number of nitrogens with two attached hydrogens (primary N) is 1. The average Bonchev–Trinajstić information content (AvgIpc) is 2.89. The molecule has 0 spiro atoms. The maximum atomic E-state index is 12.8. The van der Waals surface area contributed by atoms with Gasteiger partial charge in [0.2, 0.25) is 6.41 Å². The molecule has 5 nitrogen and oxygen atoms in total. The van der Waals surface area contributed by atoms with E-state index in [0.717, 1.165) is 98.8 Å². The second-order valence-corrected chi connectivity index (χ2v) is 9.12. The smallest absolute Gasteiger partial charge is 0.209 e. The summed E-state index contributed by atoms with van der Waals surface area (Å²) in [7, 11) is 0. The highest BCUT2D eigenvalue weighted by molar-refractivity contribution is 6.04. The van der Waals surface area contributed by atoms with Crippen molar-refractivity contribution in [2.75, 3.05) is 19.6 Å². The van der Waals surface area contributed by atoms with Crippen molar-refractivity contribution in [1.82, 2.24) is 4.90 Å². The van der Waals surface area contributed by atoms with Crippen LogP contribution in [0.4, 0.5) is 4.39 Å². The number of nitrogens with zero attached hydrogens (tertiary/aromatic N) is 2. The molecule has 0 radical (unpaired) electrons. The van der Waals surface area contributed by atoms with Gasteiger partial charge >= 0.3 is 0 Å². The van der Waals surface area contributed by atoms with Gasteiger partial charge in [-0.3, -0.25) is 14.6 Å². The summed E-state index contributed by atoms with van der Waals surface area (Å²) in [6, 6.07) is 3.31. The third-order valence-electron chi connectivity index (χ3n) is 5.91. The van der Waals surface area contributed by atoms with Crippen LogP contribution >= 0.6 is 0 Å². The maximum Gasteiger partial charge on any atom is 0.209 e. The lowest BCUT2D eigenvalue weighted by Crippen LogP contribution is -2.24. The first-order valence-electron chi connectivity index (χ1n) is 13.5. The third-order valence-corrected chi connectivity index (χ3v) is 5.91. The van der Waals surface area contributed by atoms with Crippen LogP contribution in [0, 0.1) is 32.5 Å². The number of carbonyl (C=O) groups excluding carboxylic acids is 2. The molecular formula is C30H52FN3O2. The zero-order valence-electron chi connectivity index (χ0n) is 24.4. The van der Waals surface area contributed by atoms with E-state index in [1.165, 1.54) is 6.07 Å². The summed E-state index contributed by atoms with van der Waals surface area (Å²) in [6.07, 6.45) is 8.00. The Kier molecular flexibility index (Phi) is 21.6. The Hall–Kier alpha value is -2.50. The van der Waals surface area contributed by atoms with Gasteiger partial charge in [0.25, 0.3) is 0 Å². The first-order chi connectivity index (χ1) is 17.1. The van der Waals surface area contributed by atoms with E-state index in [1.807, 2.05) is 39.5 Å². The van der Waals surface area contributed by atoms with Gasteiger partial charge in [-0.25, -0.2) is 4.39 Å². The van der Waals surface area contributed by atoms with E-state index in [0.29, 0.717) is 11.6 Å². The molecule has 6 heteroatoms. The van der Waals surface area contributed by atoms with Gasteiger partial charge in [0.05, 0.1) is 5.70 Å². The number of aryl methyl sites for hydroxylation is 1. The van der Waals surface area contributed by atoms with Gasteiger partial charge in [0.1, 0.15) is 5.82 Å². The van der Waals surface area contributed by atoms with Crippen molar-refractivity contribution in [2.24, 2.45) is 16.6 Å². The van der Waals surface area contributed by atoms with Gasteiger partial charge in [-0.05, 0) is 100 Å². The van der Waals surface area contributed by atoms with Crippen molar-refractivity contribution in [3.05, 3.63) is 45.9 Å². The topological polar surface area (TPSA) is 75.8 Å². The molecule has 206 valence electrons. The Morgan fingerprint density at radius 3 is 2.14 bits per heavy atom. The van der Waals surface area contributed by atoms with Crippen LogP contribution in [0.2, 0.25) is 0 Å². The van der Waals surface area contributed by atoms with Crippen LogP contribution < -0.4 is 5.73 Å². The molecule has 0 aromatic heterocycles. The lowest BCUT2D eigenvalue weighted by Gasteiger charge is -2.17. The maximum absolute atomic E-state index is 12.8. The van der Waals surface area contributed by atoms with Gasteiger partial charge < -0.3 is 10.6 Å². The Labute approximate surface area is 220 Å². The number of halogens is 1. The minimum absolute atomic E-state index is 0.108. The summed E-state index contributed by atoms with van der Waals surface area (Å²) in [4.78, 5) is 27.2. The molecule has 0 heterocycles. The fourth-order valence-corrected chi connectivity index (χ4v) is 3.49. The van der Waals surface area contributed by atoms with E-state index in [1.54, 1.807) is 13.0 Å². The Morgan fingerprint density at radius 1 is 1.06 bits per heavy atom. The number of aldehydes is 1. The summed E-state index contributed by atoms with van der Waals surface area (Å²) >= 11 is 0. The van der Waals surface area contributed by atoms with E-state index < -0.39 is 0 Å². The van der Waals surface area contributed by atoms with Crippen molar-refractivity contribution in [1.29, 1.82) is 0 Å². The molecule has 1 aromatic carbocycles. The fourth-order valence-electron chi connectivity index (χ4n) is 3.49. The average molecular weight is 506 g/mol. The zero-order chi connectivity index (χ0) is 28.1. The molecule has 1 aliphatic rings. The zero-order valence-corrected chi connectivity index (χ0v) is 24.4. The van der Waals surface area contributed by atoms with E-state index >= 15 is 0 Å². The second kappa shape index (κ2) is 21.8. The number of rotatable bonds is 8. The van der Waals surface area contributed by atoms with E-state index in [9.17, 15) is 14.0 Å². The summed E-state index contributed by atoms with van der Waals surface area (Å²) in [5, 5.41) is 0. The van der Waals surface area contributed by atoms with Crippen LogP contribution in [0.1, 0.15) is 96.8 Å². The summed E-state index contributed by atoms with van der Waals surface area (Å²) in [6.45, 7) is 20.7. The van der Waals surface area contributed by atoms with Crippen molar-refractivity contribution in [3.8, 4) is 0 Å². The minimum Gasteiger partial charge on any atom is -0.396 e. The Balaban J connectivity index is 0. The number of aliphatic imine (C=N–C) groups is 1. The standard InChI is InChI=1S/C10H16N2O.C9H11F.C9H19NO.C2H6/c1-2-12-10-6-4-3-5-8(10)9(11)7-13;1-6-4-5-9(10)8(3)7(6)2;1-4-6-10(8-11)7-5-9(2)3;1-2/h7H,2-6,11H2,1H3;4-5H,1-3H3;8-9H,4-7H2,1-3H3;1-2H3/b9-8-,12-10?;;;. The van der Waals surface area contributed by atoms with Gasteiger partial charge in [-0.2, -0.15) is 0 Å². The highest BCUT2D eigenvalue weighted by Gasteiger charge is 2.15. The highest BCUT2D eigenvalue weighted by atomic mass is 19.1. The fraction of sp³-hybridized carbons (Fsp3) is 0.633. The minimum atomic E-state index is -0.108. The molecule has 1 aromatic rings. The monoisotopic (exact) mass is 505 g/mol. The van der Waals surface area contributed by atoms with Crippen LogP contribution in [-0.4, -0.2) is 42.9 Å². The molecule has 1 amide bonds. The summed E-state index contributed by atoms with van der Waals surface area (Å²) in [5.41, 5.74) is 11.0. The van der Waals surface area contributed by atoms with E-state index in [-0.39, 0.29) is 5.82 Å². The first kappa shape index (κ1) is 35.7. The number of benzene rings is 1. The molecular weight excluding hydrogens is 453 g/mol. The van der Waals surface area contributed by atoms with E-state index in [2.05, 4.69) is 25.8 Å². The first-order valence-corrected chi connectivity index (χ1v) is 13.5. The van der Waals surface area contributed by atoms with Crippen LogP contribution in [0.5, 0.6) is 0 Å². The van der Waals surface area contributed by atoms with Crippen molar-refractivity contribution < 1.29 is 14.0 Å². The van der Waals surface area contributed by atoms with Gasteiger partial charge in [0, 0.05) is 25.3 Å². The molecule has 1 saturated carbocycles. The number of hydrogen-bond acceptors (Lipinski definition) is 4.